The molecule has 2 N–H and O–H groups in total. The molecule has 2 aromatic carbocycles. The standard InChI is InChI=1S/C24H19FN4O2/c1-24(2)17-11-8-15(13-18(17)26-23(24)31)22(30)28-21-20(14-6-9-16(25)10-7-14)27-19-5-3-4-12-29(19)21/h3-13H,1-2H3,(H,26,31)(H,28,30). The number of halogens is 1. The number of fused-ring (bicyclic) bond motifs is 2. The molecular formula is C24H19FN4O2. The number of benzene rings is 2. The highest BCUT2D eigenvalue weighted by Gasteiger charge is 2.38. The monoisotopic (exact) mass is 414 g/mol. The lowest BCUT2D eigenvalue weighted by Gasteiger charge is -2.15. The number of carbonyl (C=O) groups excluding carboxylic acids is 2. The molecule has 2 amide bonds. The van der Waals surface area contributed by atoms with E-state index in [1.165, 1.54) is 12.1 Å². The maximum absolute atomic E-state index is 13.4. The lowest BCUT2D eigenvalue weighted by Crippen LogP contribution is -2.26. The van der Waals surface area contributed by atoms with Gasteiger partial charge in [-0.15, -0.1) is 0 Å². The van der Waals surface area contributed by atoms with Crippen molar-refractivity contribution in [1.29, 1.82) is 0 Å². The van der Waals surface area contributed by atoms with Crippen molar-refractivity contribution in [3.05, 3.63) is 83.8 Å². The van der Waals surface area contributed by atoms with Crippen LogP contribution in [0.3, 0.4) is 0 Å². The van der Waals surface area contributed by atoms with E-state index in [0.717, 1.165) is 5.56 Å². The third-order valence-electron chi connectivity index (χ3n) is 5.65. The summed E-state index contributed by atoms with van der Waals surface area (Å²) in [6.07, 6.45) is 1.80. The second kappa shape index (κ2) is 6.77. The van der Waals surface area contributed by atoms with Crippen molar-refractivity contribution in [2.45, 2.75) is 19.3 Å². The van der Waals surface area contributed by atoms with Crippen molar-refractivity contribution in [1.82, 2.24) is 9.38 Å². The zero-order valence-electron chi connectivity index (χ0n) is 16.9. The Balaban J connectivity index is 1.55. The average Bonchev–Trinajstić information content (AvgIpc) is 3.23. The highest BCUT2D eigenvalue weighted by atomic mass is 19.1. The van der Waals surface area contributed by atoms with Crippen LogP contribution >= 0.6 is 0 Å². The first-order valence-electron chi connectivity index (χ1n) is 9.85. The molecule has 31 heavy (non-hydrogen) atoms. The second-order valence-electron chi connectivity index (χ2n) is 8.04. The molecule has 0 radical (unpaired) electrons. The molecule has 1 aliphatic heterocycles. The van der Waals surface area contributed by atoms with Gasteiger partial charge < -0.3 is 10.6 Å². The van der Waals surface area contributed by atoms with Gasteiger partial charge in [0.15, 0.2) is 0 Å². The number of nitrogens with zero attached hydrogens (tertiary/aromatic N) is 2. The van der Waals surface area contributed by atoms with E-state index in [4.69, 9.17) is 0 Å². The van der Waals surface area contributed by atoms with Gasteiger partial charge in [0, 0.05) is 23.0 Å². The Kier molecular flexibility index (Phi) is 4.15. The second-order valence-corrected chi connectivity index (χ2v) is 8.04. The topological polar surface area (TPSA) is 75.5 Å². The number of hydrogen-bond acceptors (Lipinski definition) is 3. The first-order chi connectivity index (χ1) is 14.8. The predicted molar refractivity (Wildman–Crippen MR) is 117 cm³/mol. The van der Waals surface area contributed by atoms with Crippen LogP contribution in [0.5, 0.6) is 0 Å². The van der Waals surface area contributed by atoms with Gasteiger partial charge in [-0.3, -0.25) is 14.0 Å². The summed E-state index contributed by atoms with van der Waals surface area (Å²) in [7, 11) is 0. The first kappa shape index (κ1) is 19.0. The summed E-state index contributed by atoms with van der Waals surface area (Å²) in [4.78, 5) is 29.9. The number of imidazole rings is 1. The fourth-order valence-electron chi connectivity index (χ4n) is 3.84. The number of carbonyl (C=O) groups is 2. The van der Waals surface area contributed by atoms with Crippen LogP contribution < -0.4 is 10.6 Å². The van der Waals surface area contributed by atoms with E-state index in [1.54, 1.807) is 40.9 Å². The molecule has 1 aliphatic rings. The fourth-order valence-corrected chi connectivity index (χ4v) is 3.84. The number of nitrogens with one attached hydrogen (secondary N) is 2. The number of amides is 2. The van der Waals surface area contributed by atoms with E-state index in [1.807, 2.05) is 32.0 Å². The first-order valence-corrected chi connectivity index (χ1v) is 9.85. The highest BCUT2D eigenvalue weighted by molar-refractivity contribution is 6.10. The molecule has 0 atom stereocenters. The Labute approximate surface area is 177 Å². The van der Waals surface area contributed by atoms with Gasteiger partial charge in [0.25, 0.3) is 5.91 Å². The minimum Gasteiger partial charge on any atom is -0.325 e. The van der Waals surface area contributed by atoms with Crippen molar-refractivity contribution >= 4 is 29.0 Å². The smallest absolute Gasteiger partial charge is 0.256 e. The summed E-state index contributed by atoms with van der Waals surface area (Å²) in [6, 6.07) is 16.7. The molecule has 5 rings (SSSR count). The Morgan fingerprint density at radius 1 is 1.10 bits per heavy atom. The lowest BCUT2D eigenvalue weighted by atomic mass is 9.86. The average molecular weight is 414 g/mol. The molecule has 0 spiro atoms. The summed E-state index contributed by atoms with van der Waals surface area (Å²) in [5.41, 5.74) is 3.14. The molecule has 6 nitrogen and oxygen atoms in total. The van der Waals surface area contributed by atoms with Crippen LogP contribution in [0.4, 0.5) is 15.9 Å². The molecule has 3 heterocycles. The van der Waals surface area contributed by atoms with Crippen LogP contribution in [0.15, 0.2) is 66.9 Å². The normalized spacial score (nSPS) is 14.4. The van der Waals surface area contributed by atoms with Crippen molar-refractivity contribution in [3.8, 4) is 11.3 Å². The van der Waals surface area contributed by atoms with Gasteiger partial charge in [0.1, 0.15) is 23.0 Å². The summed E-state index contributed by atoms with van der Waals surface area (Å²) in [5.74, 6) is -0.297. The minimum atomic E-state index is -0.637. The van der Waals surface area contributed by atoms with Crippen molar-refractivity contribution in [2.24, 2.45) is 0 Å². The van der Waals surface area contributed by atoms with Gasteiger partial charge in [0.2, 0.25) is 5.91 Å². The maximum atomic E-state index is 13.4. The van der Waals surface area contributed by atoms with Gasteiger partial charge in [-0.1, -0.05) is 12.1 Å². The number of hydrogen-bond donors (Lipinski definition) is 2. The summed E-state index contributed by atoms with van der Waals surface area (Å²) in [6.45, 7) is 3.70. The number of anilines is 2. The summed E-state index contributed by atoms with van der Waals surface area (Å²) < 4.78 is 15.2. The lowest BCUT2D eigenvalue weighted by molar-refractivity contribution is -0.119. The van der Waals surface area contributed by atoms with E-state index < -0.39 is 5.41 Å². The van der Waals surface area contributed by atoms with Crippen LogP contribution in [0, 0.1) is 5.82 Å². The Morgan fingerprint density at radius 2 is 1.87 bits per heavy atom. The molecule has 0 unspecified atom stereocenters. The molecule has 0 aliphatic carbocycles. The third kappa shape index (κ3) is 3.06. The van der Waals surface area contributed by atoms with Crippen LogP contribution in [-0.4, -0.2) is 21.2 Å². The van der Waals surface area contributed by atoms with Gasteiger partial charge in [-0.05, 0) is 67.9 Å². The Morgan fingerprint density at radius 3 is 2.65 bits per heavy atom. The van der Waals surface area contributed by atoms with E-state index in [9.17, 15) is 14.0 Å². The zero-order valence-corrected chi connectivity index (χ0v) is 16.9. The molecule has 0 saturated heterocycles. The van der Waals surface area contributed by atoms with Crippen LogP contribution in [-0.2, 0) is 10.2 Å². The largest absolute Gasteiger partial charge is 0.325 e. The molecule has 7 heteroatoms. The van der Waals surface area contributed by atoms with Gasteiger partial charge in [-0.25, -0.2) is 9.37 Å². The van der Waals surface area contributed by atoms with E-state index in [2.05, 4.69) is 15.6 Å². The molecule has 0 saturated carbocycles. The fraction of sp³-hybridized carbons (Fsp3) is 0.125. The predicted octanol–water partition coefficient (Wildman–Crippen LogP) is 4.62. The minimum absolute atomic E-state index is 0.0968. The van der Waals surface area contributed by atoms with Crippen molar-refractivity contribution < 1.29 is 14.0 Å². The number of aromatic nitrogens is 2. The molecule has 0 bridgehead atoms. The molecular weight excluding hydrogens is 395 g/mol. The number of rotatable bonds is 3. The third-order valence-corrected chi connectivity index (χ3v) is 5.65. The van der Waals surface area contributed by atoms with E-state index in [0.29, 0.717) is 34.0 Å². The Hall–Kier alpha value is -4.00. The molecule has 2 aromatic heterocycles. The van der Waals surface area contributed by atoms with Gasteiger partial charge in [0.05, 0.1) is 5.41 Å². The van der Waals surface area contributed by atoms with Gasteiger partial charge >= 0.3 is 0 Å². The van der Waals surface area contributed by atoms with Gasteiger partial charge in [-0.2, -0.15) is 0 Å². The number of pyridine rings is 1. The maximum Gasteiger partial charge on any atom is 0.256 e. The van der Waals surface area contributed by atoms with Crippen molar-refractivity contribution in [2.75, 3.05) is 10.6 Å². The van der Waals surface area contributed by atoms with Crippen molar-refractivity contribution in [3.63, 3.8) is 0 Å². The summed E-state index contributed by atoms with van der Waals surface area (Å²) in [5, 5.41) is 5.78. The molecule has 154 valence electrons. The molecule has 4 aromatic rings. The van der Waals surface area contributed by atoms with Crippen LogP contribution in [0.25, 0.3) is 16.9 Å². The summed E-state index contributed by atoms with van der Waals surface area (Å²) >= 11 is 0. The van der Waals surface area contributed by atoms with E-state index in [-0.39, 0.29) is 17.6 Å². The van der Waals surface area contributed by atoms with Crippen LogP contribution in [0.2, 0.25) is 0 Å². The van der Waals surface area contributed by atoms with Crippen LogP contribution in [0.1, 0.15) is 29.8 Å². The highest BCUT2D eigenvalue weighted by Crippen LogP contribution is 2.38. The molecule has 0 fully saturated rings. The quantitative estimate of drug-likeness (QED) is 0.514. The Bertz CT molecular complexity index is 1360. The van der Waals surface area contributed by atoms with E-state index >= 15 is 0 Å². The SMILES string of the molecule is CC1(C)C(=O)Nc2cc(C(=O)Nc3c(-c4ccc(F)cc4)nc4ccccn34)ccc21. The zero-order chi connectivity index (χ0) is 21.8.